The average molecular weight is 262 g/mol. The molecule has 0 aromatic rings. The largest absolute Gasteiger partial charge is 0.351 e. The topological polar surface area (TPSA) is 58.2 Å². The van der Waals surface area contributed by atoms with Gasteiger partial charge in [0.05, 0.1) is 11.5 Å². The lowest BCUT2D eigenvalue weighted by Gasteiger charge is -2.32. The molecule has 1 fully saturated rings. The van der Waals surface area contributed by atoms with E-state index in [1.165, 1.54) is 0 Å². The Morgan fingerprint density at radius 3 is 1.62 bits per heavy atom. The lowest BCUT2D eigenvalue weighted by molar-refractivity contribution is -0.122. The molecule has 0 aromatic heterocycles. The van der Waals surface area contributed by atoms with Crippen LogP contribution in [-0.2, 0) is 9.59 Å². The summed E-state index contributed by atoms with van der Waals surface area (Å²) in [6, 6.07) is 0.0782. The molecular weight excluding hydrogens is 244 g/mol. The predicted octanol–water partition coefficient (Wildman–Crippen LogP) is 0.390. The predicted molar refractivity (Wildman–Crippen MR) is 70.0 cm³/mol. The summed E-state index contributed by atoms with van der Waals surface area (Å²) in [6.07, 6.45) is 4.00. The van der Waals surface area contributed by atoms with Crippen LogP contribution in [0.2, 0.25) is 0 Å². The molecule has 1 saturated carbocycles. The maximum absolute atomic E-state index is 11.3. The summed E-state index contributed by atoms with van der Waals surface area (Å²) < 4.78 is 0. The molecule has 1 rings (SSSR count). The third-order valence-corrected chi connectivity index (χ3v) is 3.32. The van der Waals surface area contributed by atoms with Crippen LogP contribution in [0.5, 0.6) is 0 Å². The normalized spacial score (nSPS) is 24.9. The molecule has 0 spiro atoms. The third kappa shape index (κ3) is 4.25. The first kappa shape index (κ1) is 13.7. The molecule has 0 aromatic carbocycles. The van der Waals surface area contributed by atoms with E-state index in [-0.39, 0.29) is 35.4 Å². The van der Waals surface area contributed by atoms with E-state index in [0.717, 1.165) is 25.7 Å². The molecular formula is C10H18N2O2S2. The van der Waals surface area contributed by atoms with E-state index in [0.29, 0.717) is 0 Å². The van der Waals surface area contributed by atoms with Gasteiger partial charge in [-0.3, -0.25) is 9.59 Å². The molecule has 4 nitrogen and oxygen atoms in total. The molecule has 2 amide bonds. The summed E-state index contributed by atoms with van der Waals surface area (Å²) in [5.41, 5.74) is 0. The molecule has 2 N–H and O–H groups in total. The van der Waals surface area contributed by atoms with Gasteiger partial charge in [-0.25, -0.2) is 0 Å². The molecule has 2 atom stereocenters. The van der Waals surface area contributed by atoms with E-state index in [1.54, 1.807) is 0 Å². The number of carbonyl (C=O) groups excluding carboxylic acids is 2. The van der Waals surface area contributed by atoms with Crippen LogP contribution in [-0.4, -0.2) is 35.4 Å². The first-order valence-electron chi connectivity index (χ1n) is 5.47. The Bertz CT molecular complexity index is 235. The molecule has 1 aliphatic carbocycles. The molecule has 0 heterocycles. The van der Waals surface area contributed by atoms with Crippen LogP contribution in [0.15, 0.2) is 0 Å². The molecule has 1 aliphatic rings. The van der Waals surface area contributed by atoms with Crippen molar-refractivity contribution in [2.75, 3.05) is 11.5 Å². The molecule has 0 bridgehead atoms. The maximum Gasteiger partial charge on any atom is 0.230 e. The third-order valence-electron chi connectivity index (χ3n) is 2.75. The van der Waals surface area contributed by atoms with Crippen LogP contribution in [0.25, 0.3) is 0 Å². The van der Waals surface area contributed by atoms with Gasteiger partial charge >= 0.3 is 0 Å². The van der Waals surface area contributed by atoms with Crippen molar-refractivity contribution in [3.63, 3.8) is 0 Å². The molecule has 16 heavy (non-hydrogen) atoms. The fraction of sp³-hybridized carbons (Fsp3) is 0.800. The van der Waals surface area contributed by atoms with Crippen molar-refractivity contribution in [3.8, 4) is 0 Å². The number of rotatable bonds is 4. The van der Waals surface area contributed by atoms with Crippen LogP contribution >= 0.6 is 25.3 Å². The second kappa shape index (κ2) is 7.06. The SMILES string of the molecule is O=C(CS)NC1CCCCC1NC(=O)CS. The number of hydrogen-bond acceptors (Lipinski definition) is 4. The van der Waals surface area contributed by atoms with E-state index >= 15 is 0 Å². The lowest BCUT2D eigenvalue weighted by Crippen LogP contribution is -2.53. The minimum absolute atomic E-state index is 0.0391. The van der Waals surface area contributed by atoms with Crippen molar-refractivity contribution in [1.82, 2.24) is 10.6 Å². The fourth-order valence-corrected chi connectivity index (χ4v) is 2.16. The summed E-state index contributed by atoms with van der Waals surface area (Å²) in [4.78, 5) is 22.5. The van der Waals surface area contributed by atoms with Crippen molar-refractivity contribution in [2.24, 2.45) is 0 Å². The first-order valence-corrected chi connectivity index (χ1v) is 6.74. The van der Waals surface area contributed by atoms with Crippen molar-refractivity contribution in [1.29, 1.82) is 0 Å². The standard InChI is InChI=1S/C10H18N2O2S2/c13-9(5-15)11-7-3-1-2-4-8(7)12-10(14)6-16/h7-8,15-16H,1-6H2,(H,11,13)(H,12,14). The number of amides is 2. The van der Waals surface area contributed by atoms with Gasteiger partial charge < -0.3 is 10.6 Å². The van der Waals surface area contributed by atoms with E-state index < -0.39 is 0 Å². The Kier molecular flexibility index (Phi) is 6.05. The zero-order valence-electron chi connectivity index (χ0n) is 9.11. The summed E-state index contributed by atoms with van der Waals surface area (Å²) in [6.45, 7) is 0. The summed E-state index contributed by atoms with van der Waals surface area (Å²) >= 11 is 7.84. The van der Waals surface area contributed by atoms with E-state index in [4.69, 9.17) is 0 Å². The van der Waals surface area contributed by atoms with Crippen LogP contribution in [0.4, 0.5) is 0 Å². The van der Waals surface area contributed by atoms with Gasteiger partial charge in [0.25, 0.3) is 0 Å². The van der Waals surface area contributed by atoms with Crippen molar-refractivity contribution >= 4 is 37.1 Å². The lowest BCUT2D eigenvalue weighted by atomic mass is 9.90. The first-order chi connectivity index (χ1) is 7.67. The van der Waals surface area contributed by atoms with Crippen LogP contribution in [0, 0.1) is 0 Å². The van der Waals surface area contributed by atoms with Gasteiger partial charge in [0.1, 0.15) is 0 Å². The van der Waals surface area contributed by atoms with Crippen LogP contribution in [0.3, 0.4) is 0 Å². The van der Waals surface area contributed by atoms with Crippen LogP contribution in [0.1, 0.15) is 25.7 Å². The number of thiol groups is 2. The number of hydrogen-bond donors (Lipinski definition) is 4. The van der Waals surface area contributed by atoms with Gasteiger partial charge in [-0.2, -0.15) is 25.3 Å². The van der Waals surface area contributed by atoms with Gasteiger partial charge in [0.15, 0.2) is 0 Å². The van der Waals surface area contributed by atoms with Gasteiger partial charge in [-0.15, -0.1) is 0 Å². The number of nitrogens with one attached hydrogen (secondary N) is 2. The van der Waals surface area contributed by atoms with E-state index in [2.05, 4.69) is 35.9 Å². The second-order valence-corrected chi connectivity index (χ2v) is 4.58. The van der Waals surface area contributed by atoms with E-state index in [1.807, 2.05) is 0 Å². The highest BCUT2D eigenvalue weighted by Crippen LogP contribution is 2.18. The highest BCUT2D eigenvalue weighted by Gasteiger charge is 2.26. The Balaban J connectivity index is 2.49. The summed E-state index contributed by atoms with van der Waals surface area (Å²) in [5.74, 6) is 0.203. The maximum atomic E-state index is 11.3. The molecule has 6 heteroatoms. The Morgan fingerprint density at radius 1 is 0.938 bits per heavy atom. The minimum Gasteiger partial charge on any atom is -0.351 e. The summed E-state index contributed by atoms with van der Waals surface area (Å²) in [5, 5.41) is 5.79. The summed E-state index contributed by atoms with van der Waals surface area (Å²) in [7, 11) is 0. The molecule has 92 valence electrons. The zero-order valence-corrected chi connectivity index (χ0v) is 10.9. The van der Waals surface area contributed by atoms with Gasteiger partial charge in [0.2, 0.25) is 11.8 Å². The zero-order chi connectivity index (χ0) is 12.0. The quantitative estimate of drug-likeness (QED) is 0.554. The van der Waals surface area contributed by atoms with Crippen molar-refractivity contribution in [2.45, 2.75) is 37.8 Å². The van der Waals surface area contributed by atoms with Gasteiger partial charge in [0, 0.05) is 12.1 Å². The smallest absolute Gasteiger partial charge is 0.230 e. The highest BCUT2D eigenvalue weighted by atomic mass is 32.1. The molecule has 2 unspecified atom stereocenters. The molecule has 0 saturated heterocycles. The fourth-order valence-electron chi connectivity index (χ4n) is 1.98. The van der Waals surface area contributed by atoms with Gasteiger partial charge in [-0.1, -0.05) is 12.8 Å². The van der Waals surface area contributed by atoms with Gasteiger partial charge in [-0.05, 0) is 12.8 Å². The van der Waals surface area contributed by atoms with Crippen LogP contribution < -0.4 is 10.6 Å². The minimum atomic E-state index is -0.0830. The van der Waals surface area contributed by atoms with E-state index in [9.17, 15) is 9.59 Å². The molecule has 0 aliphatic heterocycles. The highest BCUT2D eigenvalue weighted by molar-refractivity contribution is 7.81. The van der Waals surface area contributed by atoms with Crippen molar-refractivity contribution in [3.05, 3.63) is 0 Å². The second-order valence-electron chi connectivity index (χ2n) is 3.95. The van der Waals surface area contributed by atoms with Crippen molar-refractivity contribution < 1.29 is 9.59 Å². The Hall–Kier alpha value is -0.360. The Labute approximate surface area is 107 Å². The average Bonchev–Trinajstić information content (AvgIpc) is 2.31. The molecule has 0 radical (unpaired) electrons. The number of carbonyl (C=O) groups is 2. The monoisotopic (exact) mass is 262 g/mol. The Morgan fingerprint density at radius 2 is 1.31 bits per heavy atom.